The molecule has 0 unspecified atom stereocenters. The largest absolute Gasteiger partial charge is 0.393 e. The quantitative estimate of drug-likeness (QED) is 0.535. The van der Waals surface area contributed by atoms with Gasteiger partial charge >= 0.3 is 11.9 Å². The third-order valence-electron chi connectivity index (χ3n) is 4.89. The zero-order valence-corrected chi connectivity index (χ0v) is 10.2. The number of carbonyl (C=O) groups excluding carboxylic acids is 2. The average Bonchev–Trinajstić information content (AvgIpc) is 2.56. The smallest absolute Gasteiger partial charge is 0.320 e. The molecule has 0 bridgehead atoms. The van der Waals surface area contributed by atoms with Crippen molar-refractivity contribution in [3.8, 4) is 0 Å². The van der Waals surface area contributed by atoms with Crippen LogP contribution in [0.4, 0.5) is 0 Å². The van der Waals surface area contributed by atoms with Crippen molar-refractivity contribution >= 4 is 11.9 Å². The minimum absolute atomic E-state index is 0.265. The summed E-state index contributed by atoms with van der Waals surface area (Å²) in [6.07, 6.45) is 6.43. The number of hydrogen-bond acceptors (Lipinski definition) is 3. The Morgan fingerprint density at radius 1 is 1.06 bits per heavy atom. The van der Waals surface area contributed by atoms with Crippen LogP contribution in [0.2, 0.25) is 0 Å². The number of ether oxygens (including phenoxy) is 1. The van der Waals surface area contributed by atoms with Crippen molar-refractivity contribution in [3.63, 3.8) is 0 Å². The van der Waals surface area contributed by atoms with Crippen LogP contribution in [0.1, 0.15) is 58.8 Å². The molecular formula is C13H20O3. The van der Waals surface area contributed by atoms with Gasteiger partial charge in [-0.25, -0.2) is 0 Å². The fourth-order valence-corrected chi connectivity index (χ4v) is 3.19. The molecular weight excluding hydrogens is 204 g/mol. The first kappa shape index (κ1) is 11.6. The molecule has 0 atom stereocenters. The zero-order chi connectivity index (χ0) is 11.8. The van der Waals surface area contributed by atoms with E-state index in [1.165, 1.54) is 12.8 Å². The number of cyclic esters (lactones) is 2. The Labute approximate surface area is 96.5 Å². The fourth-order valence-electron chi connectivity index (χ4n) is 3.19. The summed E-state index contributed by atoms with van der Waals surface area (Å²) < 4.78 is 4.71. The highest BCUT2D eigenvalue weighted by Crippen LogP contribution is 2.52. The molecule has 1 saturated carbocycles. The van der Waals surface area contributed by atoms with Crippen molar-refractivity contribution in [3.05, 3.63) is 0 Å². The number of hydrogen-bond donors (Lipinski definition) is 0. The summed E-state index contributed by atoms with van der Waals surface area (Å²) in [5, 5.41) is 0. The normalized spacial score (nSPS) is 27.1. The lowest BCUT2D eigenvalue weighted by atomic mass is 9.61. The van der Waals surface area contributed by atoms with Crippen molar-refractivity contribution in [2.45, 2.75) is 58.8 Å². The second kappa shape index (κ2) is 3.86. The summed E-state index contributed by atoms with van der Waals surface area (Å²) in [5.74, 6) is -0.594. The van der Waals surface area contributed by atoms with Gasteiger partial charge in [-0.2, -0.15) is 0 Å². The molecule has 2 aliphatic rings. The molecule has 3 heteroatoms. The van der Waals surface area contributed by atoms with Crippen LogP contribution in [0.25, 0.3) is 0 Å². The van der Waals surface area contributed by atoms with Crippen LogP contribution in [-0.2, 0) is 14.3 Å². The van der Waals surface area contributed by atoms with Gasteiger partial charge in [-0.1, -0.05) is 26.7 Å². The number of esters is 2. The maximum absolute atomic E-state index is 11.7. The highest BCUT2D eigenvalue weighted by Gasteiger charge is 2.52. The SMILES string of the molecule is CCC1(CC)CCC2(CC1)CC(=O)OC2=O. The minimum Gasteiger partial charge on any atom is -0.393 e. The molecule has 0 aromatic rings. The molecule has 1 heterocycles. The van der Waals surface area contributed by atoms with E-state index in [1.807, 2.05) is 0 Å². The molecule has 0 radical (unpaired) electrons. The van der Waals surface area contributed by atoms with Gasteiger partial charge in [0, 0.05) is 0 Å². The van der Waals surface area contributed by atoms with E-state index in [9.17, 15) is 9.59 Å². The summed E-state index contributed by atoms with van der Waals surface area (Å²) in [7, 11) is 0. The third-order valence-corrected chi connectivity index (χ3v) is 4.89. The standard InChI is InChI=1S/C13H20O3/c1-3-12(4-2)5-7-13(8-6-12)9-10(14)16-11(13)15/h3-9H2,1-2H3. The summed E-state index contributed by atoms with van der Waals surface area (Å²) in [6.45, 7) is 4.44. The maximum Gasteiger partial charge on any atom is 0.320 e. The maximum atomic E-state index is 11.7. The molecule has 0 aromatic carbocycles. The van der Waals surface area contributed by atoms with Gasteiger partial charge in [-0.15, -0.1) is 0 Å². The van der Waals surface area contributed by atoms with Crippen LogP contribution in [0.15, 0.2) is 0 Å². The highest BCUT2D eigenvalue weighted by atomic mass is 16.6. The molecule has 2 fully saturated rings. The molecule has 1 aliphatic carbocycles. The first-order valence-corrected chi connectivity index (χ1v) is 6.31. The molecule has 2 rings (SSSR count). The van der Waals surface area contributed by atoms with E-state index in [2.05, 4.69) is 13.8 Å². The molecule has 0 N–H and O–H groups in total. The van der Waals surface area contributed by atoms with Crippen LogP contribution in [0.5, 0.6) is 0 Å². The first-order valence-electron chi connectivity index (χ1n) is 6.31. The molecule has 1 aliphatic heterocycles. The van der Waals surface area contributed by atoms with E-state index < -0.39 is 5.41 Å². The number of rotatable bonds is 2. The van der Waals surface area contributed by atoms with E-state index in [0.29, 0.717) is 11.8 Å². The second-order valence-electron chi connectivity index (χ2n) is 5.43. The Bertz CT molecular complexity index is 305. The monoisotopic (exact) mass is 224 g/mol. The fraction of sp³-hybridized carbons (Fsp3) is 0.846. The van der Waals surface area contributed by atoms with Crippen LogP contribution < -0.4 is 0 Å². The predicted molar refractivity (Wildman–Crippen MR) is 59.6 cm³/mol. The second-order valence-corrected chi connectivity index (χ2v) is 5.43. The Hall–Kier alpha value is -0.860. The summed E-state index contributed by atoms with van der Waals surface area (Å²) >= 11 is 0. The highest BCUT2D eigenvalue weighted by molar-refractivity contribution is 5.97. The summed E-state index contributed by atoms with van der Waals surface area (Å²) in [4.78, 5) is 22.9. The van der Waals surface area contributed by atoms with E-state index in [-0.39, 0.29) is 11.9 Å². The van der Waals surface area contributed by atoms with E-state index in [1.54, 1.807) is 0 Å². The van der Waals surface area contributed by atoms with Gasteiger partial charge in [0.05, 0.1) is 11.8 Å². The first-order chi connectivity index (χ1) is 7.56. The van der Waals surface area contributed by atoms with E-state index in [0.717, 1.165) is 25.7 Å². The lowest BCUT2D eigenvalue weighted by Crippen LogP contribution is -2.36. The lowest BCUT2D eigenvalue weighted by molar-refractivity contribution is -0.156. The van der Waals surface area contributed by atoms with Gasteiger partial charge in [-0.3, -0.25) is 9.59 Å². The van der Waals surface area contributed by atoms with Gasteiger partial charge in [0.15, 0.2) is 0 Å². The third kappa shape index (κ3) is 1.66. The molecule has 0 amide bonds. The topological polar surface area (TPSA) is 43.4 Å². The van der Waals surface area contributed by atoms with Gasteiger partial charge in [0.2, 0.25) is 0 Å². The van der Waals surface area contributed by atoms with Crippen LogP contribution in [-0.4, -0.2) is 11.9 Å². The lowest BCUT2D eigenvalue weighted by Gasteiger charge is -2.42. The van der Waals surface area contributed by atoms with Crippen molar-refractivity contribution in [1.29, 1.82) is 0 Å². The predicted octanol–water partition coefficient (Wildman–Crippen LogP) is 2.83. The molecule has 16 heavy (non-hydrogen) atoms. The van der Waals surface area contributed by atoms with Crippen LogP contribution in [0.3, 0.4) is 0 Å². The van der Waals surface area contributed by atoms with E-state index in [4.69, 9.17) is 4.74 Å². The molecule has 1 spiro atoms. The van der Waals surface area contributed by atoms with Crippen molar-refractivity contribution < 1.29 is 14.3 Å². The molecule has 0 aromatic heterocycles. The molecule has 1 saturated heterocycles. The van der Waals surface area contributed by atoms with Gasteiger partial charge < -0.3 is 4.74 Å². The van der Waals surface area contributed by atoms with Crippen molar-refractivity contribution in [2.75, 3.05) is 0 Å². The Kier molecular flexibility index (Phi) is 2.81. The van der Waals surface area contributed by atoms with Gasteiger partial charge in [0.25, 0.3) is 0 Å². The molecule has 3 nitrogen and oxygen atoms in total. The van der Waals surface area contributed by atoms with Crippen LogP contribution >= 0.6 is 0 Å². The van der Waals surface area contributed by atoms with E-state index >= 15 is 0 Å². The van der Waals surface area contributed by atoms with Gasteiger partial charge in [-0.05, 0) is 31.1 Å². The van der Waals surface area contributed by atoms with Gasteiger partial charge in [0.1, 0.15) is 0 Å². The Morgan fingerprint density at radius 2 is 1.62 bits per heavy atom. The van der Waals surface area contributed by atoms with Crippen LogP contribution in [0, 0.1) is 10.8 Å². The van der Waals surface area contributed by atoms with Crippen molar-refractivity contribution in [1.82, 2.24) is 0 Å². The Balaban J connectivity index is 2.09. The minimum atomic E-state index is -0.453. The average molecular weight is 224 g/mol. The Morgan fingerprint density at radius 3 is 2.00 bits per heavy atom. The summed E-state index contributed by atoms with van der Waals surface area (Å²) in [6, 6.07) is 0. The number of carbonyl (C=O) groups is 2. The molecule has 90 valence electrons. The zero-order valence-electron chi connectivity index (χ0n) is 10.2. The van der Waals surface area contributed by atoms with Crippen molar-refractivity contribution in [2.24, 2.45) is 10.8 Å². The summed E-state index contributed by atoms with van der Waals surface area (Å²) in [5.41, 5.74) is -0.0535.